The van der Waals surface area contributed by atoms with E-state index >= 15 is 0 Å². The highest BCUT2D eigenvalue weighted by atomic mass is 14.6. The topological polar surface area (TPSA) is 0 Å². The SMILES string of the molecule is CCC=CCC=CCC12CC(C(C)C)C=CC=CC1C2. The van der Waals surface area contributed by atoms with Crippen LogP contribution in [-0.4, -0.2) is 0 Å². The summed E-state index contributed by atoms with van der Waals surface area (Å²) in [6, 6.07) is 0. The molecule has 1 saturated carbocycles. The lowest BCUT2D eigenvalue weighted by Gasteiger charge is -2.24. The summed E-state index contributed by atoms with van der Waals surface area (Å²) in [6.07, 6.45) is 24.9. The van der Waals surface area contributed by atoms with Gasteiger partial charge in [0.25, 0.3) is 0 Å². The number of hydrogen-bond donors (Lipinski definition) is 0. The predicted molar refractivity (Wildman–Crippen MR) is 89.6 cm³/mol. The summed E-state index contributed by atoms with van der Waals surface area (Å²) in [4.78, 5) is 0. The van der Waals surface area contributed by atoms with Crippen molar-refractivity contribution in [2.45, 2.75) is 52.9 Å². The zero-order valence-corrected chi connectivity index (χ0v) is 13.4. The molecule has 3 atom stereocenters. The Hall–Kier alpha value is -1.04. The summed E-state index contributed by atoms with van der Waals surface area (Å²) in [5, 5.41) is 0. The summed E-state index contributed by atoms with van der Waals surface area (Å²) in [7, 11) is 0. The first kappa shape index (κ1) is 15.4. The highest BCUT2D eigenvalue weighted by Gasteiger charge is 2.52. The highest BCUT2D eigenvalue weighted by molar-refractivity contribution is 5.21. The third kappa shape index (κ3) is 3.98. The van der Waals surface area contributed by atoms with E-state index < -0.39 is 0 Å². The van der Waals surface area contributed by atoms with E-state index in [0.717, 1.165) is 30.6 Å². The van der Waals surface area contributed by atoms with Crippen molar-refractivity contribution in [1.82, 2.24) is 0 Å². The molecule has 0 aromatic carbocycles. The van der Waals surface area contributed by atoms with E-state index in [4.69, 9.17) is 0 Å². The number of fused-ring (bicyclic) bond motifs is 1. The normalized spacial score (nSPS) is 32.8. The first-order valence-electron chi connectivity index (χ1n) is 8.33. The Balaban J connectivity index is 1.91. The van der Waals surface area contributed by atoms with Gasteiger partial charge in [0.2, 0.25) is 0 Å². The maximum Gasteiger partial charge on any atom is -0.0165 e. The molecule has 0 amide bonds. The van der Waals surface area contributed by atoms with Crippen molar-refractivity contribution in [3.05, 3.63) is 48.6 Å². The molecule has 0 N–H and O–H groups in total. The van der Waals surface area contributed by atoms with Gasteiger partial charge in [-0.05, 0) is 55.3 Å². The van der Waals surface area contributed by atoms with Crippen molar-refractivity contribution in [2.24, 2.45) is 23.2 Å². The lowest BCUT2D eigenvalue weighted by molar-refractivity contribution is 0.321. The fourth-order valence-corrected chi connectivity index (χ4v) is 3.36. The molecule has 0 saturated heterocycles. The molecule has 0 aromatic heterocycles. The second-order valence-electron chi connectivity index (χ2n) is 6.85. The summed E-state index contributed by atoms with van der Waals surface area (Å²) < 4.78 is 0. The zero-order valence-electron chi connectivity index (χ0n) is 13.4. The molecule has 0 aliphatic heterocycles. The first-order valence-corrected chi connectivity index (χ1v) is 8.33. The van der Waals surface area contributed by atoms with Crippen LogP contribution in [0.2, 0.25) is 0 Å². The van der Waals surface area contributed by atoms with Crippen molar-refractivity contribution in [1.29, 1.82) is 0 Å². The molecule has 110 valence electrons. The molecule has 20 heavy (non-hydrogen) atoms. The average molecular weight is 270 g/mol. The van der Waals surface area contributed by atoms with Crippen LogP contribution in [0, 0.1) is 23.2 Å². The molecular formula is C20H30. The molecule has 0 bridgehead atoms. The van der Waals surface area contributed by atoms with E-state index in [-0.39, 0.29) is 0 Å². The Kier molecular flexibility index (Phi) is 5.46. The molecule has 0 heteroatoms. The van der Waals surface area contributed by atoms with Crippen LogP contribution >= 0.6 is 0 Å². The molecular weight excluding hydrogens is 240 g/mol. The van der Waals surface area contributed by atoms with E-state index in [9.17, 15) is 0 Å². The van der Waals surface area contributed by atoms with Crippen LogP contribution in [0.3, 0.4) is 0 Å². The lowest BCUT2D eigenvalue weighted by atomic mass is 9.80. The van der Waals surface area contributed by atoms with Gasteiger partial charge in [-0.15, -0.1) is 0 Å². The second kappa shape index (κ2) is 7.11. The van der Waals surface area contributed by atoms with Crippen molar-refractivity contribution in [2.75, 3.05) is 0 Å². The monoisotopic (exact) mass is 270 g/mol. The van der Waals surface area contributed by atoms with Crippen LogP contribution in [0.15, 0.2) is 48.6 Å². The van der Waals surface area contributed by atoms with Gasteiger partial charge in [0.15, 0.2) is 0 Å². The van der Waals surface area contributed by atoms with E-state index in [1.54, 1.807) is 0 Å². The molecule has 3 unspecified atom stereocenters. The van der Waals surface area contributed by atoms with Crippen molar-refractivity contribution in [3.8, 4) is 0 Å². The Bertz CT molecular complexity index is 408. The van der Waals surface area contributed by atoms with Crippen molar-refractivity contribution in [3.63, 3.8) is 0 Å². The minimum Gasteiger partial charge on any atom is -0.0885 e. The molecule has 0 spiro atoms. The van der Waals surface area contributed by atoms with Crippen molar-refractivity contribution < 1.29 is 0 Å². The van der Waals surface area contributed by atoms with E-state index in [2.05, 4.69) is 69.4 Å². The van der Waals surface area contributed by atoms with Crippen molar-refractivity contribution >= 4 is 0 Å². The molecule has 2 aliphatic carbocycles. The number of allylic oxidation sites excluding steroid dienone is 8. The standard InChI is InChI=1S/C20H30/c1-4-5-6-7-8-11-14-20-15-18(17(2)3)12-9-10-13-19(20)16-20/h5-6,8-13,17-19H,4,7,14-16H2,1-3H3. The Morgan fingerprint density at radius 3 is 2.55 bits per heavy atom. The molecule has 2 rings (SSSR count). The van der Waals surface area contributed by atoms with E-state index in [1.807, 2.05) is 0 Å². The van der Waals surface area contributed by atoms with Gasteiger partial charge in [-0.25, -0.2) is 0 Å². The predicted octanol–water partition coefficient (Wildman–Crippen LogP) is 6.08. The molecule has 2 aliphatic rings. The minimum absolute atomic E-state index is 0.571. The molecule has 0 radical (unpaired) electrons. The molecule has 0 aromatic rings. The Morgan fingerprint density at radius 2 is 1.80 bits per heavy atom. The van der Waals surface area contributed by atoms with Crippen LogP contribution in [0.25, 0.3) is 0 Å². The third-order valence-corrected chi connectivity index (χ3v) is 4.93. The number of hydrogen-bond acceptors (Lipinski definition) is 0. The van der Waals surface area contributed by atoms with Gasteiger partial charge in [0, 0.05) is 0 Å². The van der Waals surface area contributed by atoms with Crippen LogP contribution in [0.1, 0.15) is 52.9 Å². The highest BCUT2D eigenvalue weighted by Crippen LogP contribution is 2.61. The van der Waals surface area contributed by atoms with Gasteiger partial charge in [-0.2, -0.15) is 0 Å². The zero-order chi connectivity index (χ0) is 14.4. The summed E-state index contributed by atoms with van der Waals surface area (Å²) in [6.45, 7) is 6.90. The molecule has 1 fully saturated rings. The Morgan fingerprint density at radius 1 is 1.05 bits per heavy atom. The Labute approximate surface area is 125 Å². The minimum atomic E-state index is 0.571. The second-order valence-corrected chi connectivity index (χ2v) is 6.85. The third-order valence-electron chi connectivity index (χ3n) is 4.93. The maximum absolute atomic E-state index is 2.43. The average Bonchev–Trinajstić information content (AvgIpc) is 3.06. The largest absolute Gasteiger partial charge is 0.0885 e. The summed E-state index contributed by atoms with van der Waals surface area (Å²) in [5.74, 6) is 2.33. The van der Waals surface area contributed by atoms with Crippen LogP contribution in [0.5, 0.6) is 0 Å². The quantitative estimate of drug-likeness (QED) is 0.513. The lowest BCUT2D eigenvalue weighted by Crippen LogP contribution is -2.15. The van der Waals surface area contributed by atoms with Gasteiger partial charge in [-0.1, -0.05) is 69.4 Å². The van der Waals surface area contributed by atoms with Crippen LogP contribution < -0.4 is 0 Å². The maximum atomic E-state index is 2.43. The van der Waals surface area contributed by atoms with Gasteiger partial charge < -0.3 is 0 Å². The van der Waals surface area contributed by atoms with Gasteiger partial charge >= 0.3 is 0 Å². The summed E-state index contributed by atoms with van der Waals surface area (Å²) in [5.41, 5.74) is 0.571. The number of rotatable bonds is 6. The van der Waals surface area contributed by atoms with Gasteiger partial charge in [-0.3, -0.25) is 0 Å². The fourth-order valence-electron chi connectivity index (χ4n) is 3.36. The molecule has 0 heterocycles. The first-order chi connectivity index (χ1) is 9.68. The summed E-state index contributed by atoms with van der Waals surface area (Å²) >= 11 is 0. The van der Waals surface area contributed by atoms with E-state index in [1.165, 1.54) is 19.3 Å². The fraction of sp³-hybridized carbons (Fsp3) is 0.600. The van der Waals surface area contributed by atoms with Gasteiger partial charge in [0.05, 0.1) is 0 Å². The van der Waals surface area contributed by atoms with Crippen LogP contribution in [-0.2, 0) is 0 Å². The van der Waals surface area contributed by atoms with Gasteiger partial charge in [0.1, 0.15) is 0 Å². The smallest absolute Gasteiger partial charge is 0.0165 e. The van der Waals surface area contributed by atoms with Crippen LogP contribution in [0.4, 0.5) is 0 Å². The molecule has 0 nitrogen and oxygen atoms in total. The van der Waals surface area contributed by atoms with E-state index in [0.29, 0.717) is 5.41 Å².